The summed E-state index contributed by atoms with van der Waals surface area (Å²) < 4.78 is 10.8. The van der Waals surface area contributed by atoms with Crippen molar-refractivity contribution in [2.45, 2.75) is 12.5 Å². The van der Waals surface area contributed by atoms with Gasteiger partial charge in [0.05, 0.1) is 24.2 Å². The Morgan fingerprint density at radius 2 is 2.31 bits per heavy atom. The summed E-state index contributed by atoms with van der Waals surface area (Å²) in [6, 6.07) is 4.17. The molecule has 0 fully saturated rings. The molecule has 1 aromatic carbocycles. The lowest BCUT2D eigenvalue weighted by atomic mass is 10.2. The predicted molar refractivity (Wildman–Crippen MR) is 54.7 cm³/mol. The number of aliphatic hydroxyl groups is 1. The SMILES string of the molecule is O=[N+]([O-])c1ccc2c(c1)OCCC(CO)O2. The number of ether oxygens (including phenoxy) is 2. The van der Waals surface area contributed by atoms with E-state index in [4.69, 9.17) is 14.6 Å². The van der Waals surface area contributed by atoms with E-state index in [-0.39, 0.29) is 18.4 Å². The molecule has 86 valence electrons. The van der Waals surface area contributed by atoms with Crippen LogP contribution >= 0.6 is 0 Å². The summed E-state index contributed by atoms with van der Waals surface area (Å²) in [7, 11) is 0. The van der Waals surface area contributed by atoms with E-state index in [0.717, 1.165) is 0 Å². The third-order valence-corrected chi connectivity index (χ3v) is 2.33. The van der Waals surface area contributed by atoms with Crippen LogP contribution in [-0.4, -0.2) is 29.3 Å². The number of nitro groups is 1. The zero-order valence-corrected chi connectivity index (χ0v) is 8.46. The van der Waals surface area contributed by atoms with Crippen molar-refractivity contribution in [2.75, 3.05) is 13.2 Å². The molecule has 0 aromatic heterocycles. The molecule has 6 heteroatoms. The van der Waals surface area contributed by atoms with Gasteiger partial charge in [-0.3, -0.25) is 10.1 Å². The molecule has 0 radical (unpaired) electrons. The van der Waals surface area contributed by atoms with Crippen molar-refractivity contribution in [1.29, 1.82) is 0 Å². The summed E-state index contributed by atoms with van der Waals surface area (Å²) in [5.74, 6) is 0.785. The van der Waals surface area contributed by atoms with Crippen molar-refractivity contribution < 1.29 is 19.5 Å². The molecule has 0 saturated carbocycles. The molecular weight excluding hydrogens is 214 g/mol. The van der Waals surface area contributed by atoms with Crippen LogP contribution in [0.2, 0.25) is 0 Å². The first-order valence-electron chi connectivity index (χ1n) is 4.89. The van der Waals surface area contributed by atoms with Crippen molar-refractivity contribution in [3.63, 3.8) is 0 Å². The standard InChI is InChI=1S/C10H11NO5/c12-6-8-3-4-15-10-5-7(11(13)14)1-2-9(10)16-8/h1-2,5,8,12H,3-4,6H2. The van der Waals surface area contributed by atoms with Crippen molar-refractivity contribution in [1.82, 2.24) is 0 Å². The lowest BCUT2D eigenvalue weighted by Gasteiger charge is -2.12. The Labute approximate surface area is 91.6 Å². The third kappa shape index (κ3) is 2.06. The molecule has 1 atom stereocenters. The zero-order chi connectivity index (χ0) is 11.5. The Bertz CT molecular complexity index is 406. The minimum Gasteiger partial charge on any atom is -0.489 e. The monoisotopic (exact) mass is 225 g/mol. The summed E-state index contributed by atoms with van der Waals surface area (Å²) in [6.07, 6.45) is 0.238. The first-order chi connectivity index (χ1) is 7.70. The summed E-state index contributed by atoms with van der Waals surface area (Å²) in [4.78, 5) is 10.1. The van der Waals surface area contributed by atoms with E-state index in [9.17, 15) is 10.1 Å². The fraction of sp³-hybridized carbons (Fsp3) is 0.400. The van der Waals surface area contributed by atoms with Crippen LogP contribution in [0.25, 0.3) is 0 Å². The number of fused-ring (bicyclic) bond motifs is 1. The van der Waals surface area contributed by atoms with Crippen molar-refractivity contribution in [3.05, 3.63) is 28.3 Å². The van der Waals surface area contributed by atoms with Gasteiger partial charge in [0.1, 0.15) is 6.10 Å². The Kier molecular flexibility index (Phi) is 2.91. The van der Waals surface area contributed by atoms with Crippen LogP contribution in [0.15, 0.2) is 18.2 Å². The molecule has 6 nitrogen and oxygen atoms in total. The van der Waals surface area contributed by atoms with Gasteiger partial charge in [-0.05, 0) is 6.07 Å². The summed E-state index contributed by atoms with van der Waals surface area (Å²) in [5, 5.41) is 19.6. The Morgan fingerprint density at radius 1 is 1.50 bits per heavy atom. The lowest BCUT2D eigenvalue weighted by molar-refractivity contribution is -0.385. The van der Waals surface area contributed by atoms with Crippen LogP contribution in [0.3, 0.4) is 0 Å². The molecule has 0 bridgehead atoms. The van der Waals surface area contributed by atoms with Crippen LogP contribution in [0, 0.1) is 10.1 Å². The zero-order valence-electron chi connectivity index (χ0n) is 8.46. The fourth-order valence-corrected chi connectivity index (χ4v) is 1.49. The van der Waals surface area contributed by atoms with E-state index in [1.165, 1.54) is 18.2 Å². The molecule has 0 saturated heterocycles. The number of nitro benzene ring substituents is 1. The van der Waals surface area contributed by atoms with Gasteiger partial charge in [0.15, 0.2) is 11.5 Å². The molecule has 1 aromatic rings. The number of hydrogen-bond acceptors (Lipinski definition) is 5. The van der Waals surface area contributed by atoms with Gasteiger partial charge >= 0.3 is 0 Å². The van der Waals surface area contributed by atoms with Gasteiger partial charge in [-0.25, -0.2) is 0 Å². The average molecular weight is 225 g/mol. The van der Waals surface area contributed by atoms with E-state index >= 15 is 0 Å². The highest BCUT2D eigenvalue weighted by Gasteiger charge is 2.20. The molecule has 1 aliphatic rings. The fourth-order valence-electron chi connectivity index (χ4n) is 1.49. The van der Waals surface area contributed by atoms with Gasteiger partial charge in [-0.15, -0.1) is 0 Å². The van der Waals surface area contributed by atoms with Crippen LogP contribution in [-0.2, 0) is 0 Å². The van der Waals surface area contributed by atoms with Crippen molar-refractivity contribution in [2.24, 2.45) is 0 Å². The van der Waals surface area contributed by atoms with E-state index in [1.807, 2.05) is 0 Å². The van der Waals surface area contributed by atoms with E-state index in [1.54, 1.807) is 0 Å². The van der Waals surface area contributed by atoms with Gasteiger partial charge in [0.25, 0.3) is 5.69 Å². The minimum absolute atomic E-state index is 0.0372. The molecule has 0 spiro atoms. The molecule has 1 unspecified atom stereocenters. The quantitative estimate of drug-likeness (QED) is 0.602. The maximum absolute atomic E-state index is 10.6. The highest BCUT2D eigenvalue weighted by Crippen LogP contribution is 2.34. The molecule has 0 aliphatic carbocycles. The second-order valence-corrected chi connectivity index (χ2v) is 3.45. The number of benzene rings is 1. The highest BCUT2D eigenvalue weighted by molar-refractivity contribution is 5.48. The maximum Gasteiger partial charge on any atom is 0.273 e. The summed E-state index contributed by atoms with van der Waals surface area (Å²) >= 11 is 0. The average Bonchev–Trinajstić information content (AvgIpc) is 2.49. The molecule has 16 heavy (non-hydrogen) atoms. The topological polar surface area (TPSA) is 81.8 Å². The minimum atomic E-state index is -0.488. The lowest BCUT2D eigenvalue weighted by Crippen LogP contribution is -2.21. The van der Waals surface area contributed by atoms with Gasteiger partial charge in [-0.1, -0.05) is 0 Å². The second-order valence-electron chi connectivity index (χ2n) is 3.45. The predicted octanol–water partition coefficient (Wildman–Crippen LogP) is 1.12. The molecule has 1 N–H and O–H groups in total. The van der Waals surface area contributed by atoms with Crippen molar-refractivity contribution in [3.8, 4) is 11.5 Å². The molecule has 2 rings (SSSR count). The Hall–Kier alpha value is -1.82. The van der Waals surface area contributed by atoms with Crippen molar-refractivity contribution >= 4 is 5.69 Å². The number of hydrogen-bond donors (Lipinski definition) is 1. The van der Waals surface area contributed by atoms with Gasteiger partial charge < -0.3 is 14.6 Å². The Morgan fingerprint density at radius 3 is 3.00 bits per heavy atom. The molecular formula is C10H11NO5. The van der Waals surface area contributed by atoms with E-state index in [0.29, 0.717) is 24.5 Å². The van der Waals surface area contributed by atoms with Crippen LogP contribution in [0.4, 0.5) is 5.69 Å². The normalized spacial score (nSPS) is 18.9. The molecule has 1 heterocycles. The largest absolute Gasteiger partial charge is 0.489 e. The molecule has 0 amide bonds. The van der Waals surface area contributed by atoms with E-state index in [2.05, 4.69) is 0 Å². The number of non-ortho nitro benzene ring substituents is 1. The third-order valence-electron chi connectivity index (χ3n) is 2.33. The number of nitrogens with zero attached hydrogens (tertiary/aromatic N) is 1. The Balaban J connectivity index is 2.30. The summed E-state index contributed by atoms with van der Waals surface area (Å²) in [6.45, 7) is 0.277. The van der Waals surface area contributed by atoms with Crippen LogP contribution < -0.4 is 9.47 Å². The van der Waals surface area contributed by atoms with Crippen LogP contribution in [0.1, 0.15) is 6.42 Å². The summed E-state index contributed by atoms with van der Waals surface area (Å²) in [5.41, 5.74) is -0.0372. The highest BCUT2D eigenvalue weighted by atomic mass is 16.6. The number of rotatable bonds is 2. The first-order valence-corrected chi connectivity index (χ1v) is 4.89. The maximum atomic E-state index is 10.6. The molecule has 1 aliphatic heterocycles. The smallest absolute Gasteiger partial charge is 0.273 e. The van der Waals surface area contributed by atoms with Gasteiger partial charge in [0, 0.05) is 12.5 Å². The number of aliphatic hydroxyl groups excluding tert-OH is 1. The van der Waals surface area contributed by atoms with Gasteiger partial charge in [0.2, 0.25) is 0 Å². The first kappa shape index (κ1) is 10.7. The van der Waals surface area contributed by atoms with Gasteiger partial charge in [-0.2, -0.15) is 0 Å². The van der Waals surface area contributed by atoms with E-state index < -0.39 is 4.92 Å². The van der Waals surface area contributed by atoms with Crippen LogP contribution in [0.5, 0.6) is 11.5 Å². The second kappa shape index (κ2) is 4.36.